The summed E-state index contributed by atoms with van der Waals surface area (Å²) in [7, 11) is 0. The lowest BCUT2D eigenvalue weighted by molar-refractivity contribution is 0.101. The zero-order valence-electron chi connectivity index (χ0n) is 16.3. The molecule has 0 atom stereocenters. The van der Waals surface area contributed by atoms with E-state index in [9.17, 15) is 9.59 Å². The number of hydrogen-bond acceptors (Lipinski definition) is 6. The van der Waals surface area contributed by atoms with Crippen molar-refractivity contribution in [3.8, 4) is 5.95 Å². The SMILES string of the molecule is CC(C)c1cc(=O)[nH]c(-n2nc(C3CC3)cc2NC(=O)c2cc(C3CC3)on2)n1. The number of aromatic amines is 1. The van der Waals surface area contributed by atoms with Crippen molar-refractivity contribution in [3.05, 3.63) is 51.4 Å². The fourth-order valence-corrected chi connectivity index (χ4v) is 3.22. The molecule has 1 amide bonds. The molecular formula is C20H22N6O3. The molecule has 5 rings (SSSR count). The molecule has 29 heavy (non-hydrogen) atoms. The third-order valence-corrected chi connectivity index (χ3v) is 5.25. The Balaban J connectivity index is 1.49. The van der Waals surface area contributed by atoms with E-state index >= 15 is 0 Å². The summed E-state index contributed by atoms with van der Waals surface area (Å²) < 4.78 is 6.77. The molecule has 0 bridgehead atoms. The van der Waals surface area contributed by atoms with Crippen molar-refractivity contribution in [2.75, 3.05) is 5.32 Å². The maximum atomic E-state index is 12.7. The summed E-state index contributed by atoms with van der Waals surface area (Å²) in [5, 5.41) is 11.3. The first-order valence-electron chi connectivity index (χ1n) is 9.97. The van der Waals surface area contributed by atoms with Gasteiger partial charge in [-0.1, -0.05) is 19.0 Å². The lowest BCUT2D eigenvalue weighted by Crippen LogP contribution is -2.19. The molecule has 3 heterocycles. The highest BCUT2D eigenvalue weighted by Gasteiger charge is 2.30. The minimum absolute atomic E-state index is 0.0866. The third-order valence-electron chi connectivity index (χ3n) is 5.25. The molecule has 2 aliphatic rings. The normalized spacial score (nSPS) is 16.4. The fraction of sp³-hybridized carbons (Fsp3) is 0.450. The van der Waals surface area contributed by atoms with Crippen LogP contribution in [0, 0.1) is 0 Å². The van der Waals surface area contributed by atoms with Gasteiger partial charge < -0.3 is 9.84 Å². The van der Waals surface area contributed by atoms with Crippen LogP contribution in [-0.2, 0) is 0 Å². The highest BCUT2D eigenvalue weighted by molar-refractivity contribution is 6.02. The van der Waals surface area contributed by atoms with Crippen LogP contribution in [0.2, 0.25) is 0 Å². The van der Waals surface area contributed by atoms with Gasteiger partial charge in [0.1, 0.15) is 11.6 Å². The lowest BCUT2D eigenvalue weighted by atomic mass is 10.1. The number of H-pyrrole nitrogens is 1. The van der Waals surface area contributed by atoms with Gasteiger partial charge in [0.15, 0.2) is 5.69 Å². The summed E-state index contributed by atoms with van der Waals surface area (Å²) in [6.45, 7) is 3.93. The topological polar surface area (TPSA) is 119 Å². The van der Waals surface area contributed by atoms with Gasteiger partial charge in [-0.2, -0.15) is 9.78 Å². The molecule has 0 aliphatic heterocycles. The van der Waals surface area contributed by atoms with Crippen LogP contribution < -0.4 is 10.9 Å². The van der Waals surface area contributed by atoms with Crippen LogP contribution in [-0.4, -0.2) is 30.8 Å². The quantitative estimate of drug-likeness (QED) is 0.663. The third kappa shape index (κ3) is 3.59. The van der Waals surface area contributed by atoms with Gasteiger partial charge in [0.05, 0.1) is 11.4 Å². The van der Waals surface area contributed by atoms with E-state index in [1.54, 1.807) is 6.07 Å². The maximum Gasteiger partial charge on any atom is 0.279 e. The van der Waals surface area contributed by atoms with Gasteiger partial charge >= 0.3 is 0 Å². The smallest absolute Gasteiger partial charge is 0.279 e. The highest BCUT2D eigenvalue weighted by Crippen LogP contribution is 2.41. The molecule has 0 unspecified atom stereocenters. The van der Waals surface area contributed by atoms with Gasteiger partial charge in [0.2, 0.25) is 5.95 Å². The van der Waals surface area contributed by atoms with Crippen molar-refractivity contribution in [3.63, 3.8) is 0 Å². The van der Waals surface area contributed by atoms with Gasteiger partial charge in [-0.3, -0.25) is 14.6 Å². The van der Waals surface area contributed by atoms with Crippen molar-refractivity contribution in [1.82, 2.24) is 24.9 Å². The summed E-state index contributed by atoms with van der Waals surface area (Å²) in [4.78, 5) is 32.1. The van der Waals surface area contributed by atoms with E-state index in [2.05, 4.69) is 25.5 Å². The molecule has 9 heteroatoms. The number of nitrogens with one attached hydrogen (secondary N) is 2. The molecule has 2 saturated carbocycles. The Labute approximate surface area is 166 Å². The summed E-state index contributed by atoms with van der Waals surface area (Å²) in [6.07, 6.45) is 4.26. The number of anilines is 1. The van der Waals surface area contributed by atoms with Crippen LogP contribution in [0.1, 0.15) is 84.9 Å². The van der Waals surface area contributed by atoms with Crippen LogP contribution in [0.3, 0.4) is 0 Å². The largest absolute Gasteiger partial charge is 0.360 e. The number of carbonyl (C=O) groups is 1. The van der Waals surface area contributed by atoms with E-state index in [-0.39, 0.29) is 29.0 Å². The summed E-state index contributed by atoms with van der Waals surface area (Å²) in [6, 6.07) is 5.00. The van der Waals surface area contributed by atoms with Crippen molar-refractivity contribution in [1.29, 1.82) is 0 Å². The van der Waals surface area contributed by atoms with E-state index in [1.807, 2.05) is 19.9 Å². The molecule has 3 aromatic rings. The molecule has 0 saturated heterocycles. The molecule has 2 fully saturated rings. The van der Waals surface area contributed by atoms with E-state index in [0.717, 1.165) is 37.1 Å². The van der Waals surface area contributed by atoms with Crippen molar-refractivity contribution in [2.24, 2.45) is 0 Å². The molecule has 0 aromatic carbocycles. The predicted octanol–water partition coefficient (Wildman–Crippen LogP) is 3.07. The fourth-order valence-electron chi connectivity index (χ4n) is 3.22. The van der Waals surface area contributed by atoms with Crippen LogP contribution >= 0.6 is 0 Å². The Morgan fingerprint density at radius 1 is 1.21 bits per heavy atom. The van der Waals surface area contributed by atoms with Crippen molar-refractivity contribution >= 4 is 11.7 Å². The van der Waals surface area contributed by atoms with Gasteiger partial charge in [-0.05, 0) is 31.6 Å². The van der Waals surface area contributed by atoms with E-state index in [1.165, 1.54) is 10.7 Å². The minimum Gasteiger partial charge on any atom is -0.360 e. The van der Waals surface area contributed by atoms with E-state index in [4.69, 9.17) is 4.52 Å². The first kappa shape index (κ1) is 17.8. The minimum atomic E-state index is -0.383. The Kier molecular flexibility index (Phi) is 4.11. The Morgan fingerprint density at radius 3 is 2.66 bits per heavy atom. The zero-order chi connectivity index (χ0) is 20.1. The lowest BCUT2D eigenvalue weighted by Gasteiger charge is -2.09. The zero-order valence-corrected chi connectivity index (χ0v) is 16.3. The molecule has 0 radical (unpaired) electrons. The Bertz CT molecular complexity index is 1130. The second-order valence-electron chi connectivity index (χ2n) is 8.13. The monoisotopic (exact) mass is 394 g/mol. The number of aromatic nitrogens is 5. The van der Waals surface area contributed by atoms with E-state index < -0.39 is 0 Å². The number of carbonyl (C=O) groups excluding carboxylic acids is 1. The van der Waals surface area contributed by atoms with Crippen LogP contribution in [0.25, 0.3) is 5.95 Å². The molecule has 2 aliphatic carbocycles. The number of hydrogen-bond donors (Lipinski definition) is 2. The molecule has 3 aromatic heterocycles. The summed E-state index contributed by atoms with van der Waals surface area (Å²) in [5.74, 6) is 1.93. The Morgan fingerprint density at radius 2 is 1.97 bits per heavy atom. The first-order chi connectivity index (χ1) is 14.0. The highest BCUT2D eigenvalue weighted by atomic mass is 16.5. The van der Waals surface area contributed by atoms with Gasteiger partial charge in [-0.25, -0.2) is 4.98 Å². The standard InChI is InChI=1S/C20H22N6O3/c1-10(2)13-9-18(27)23-20(21-13)26-17(8-14(24-26)11-3-4-11)22-19(28)15-7-16(29-25-15)12-5-6-12/h7-12H,3-6H2,1-2H3,(H,22,28)(H,21,23,27). The second kappa shape index (κ2) is 6.68. The van der Waals surface area contributed by atoms with Crippen molar-refractivity contribution in [2.45, 2.75) is 57.3 Å². The van der Waals surface area contributed by atoms with Gasteiger partial charge in [-0.15, -0.1) is 0 Å². The second-order valence-corrected chi connectivity index (χ2v) is 8.13. The van der Waals surface area contributed by atoms with Crippen LogP contribution in [0.4, 0.5) is 5.82 Å². The van der Waals surface area contributed by atoms with Gasteiger partial charge in [0, 0.05) is 30.0 Å². The molecule has 150 valence electrons. The number of rotatable bonds is 6. The maximum absolute atomic E-state index is 12.7. The molecular weight excluding hydrogens is 372 g/mol. The molecule has 2 N–H and O–H groups in total. The molecule has 9 nitrogen and oxygen atoms in total. The van der Waals surface area contributed by atoms with Crippen LogP contribution in [0.5, 0.6) is 0 Å². The summed E-state index contributed by atoms with van der Waals surface area (Å²) in [5.41, 5.74) is 1.50. The Hall–Kier alpha value is -3.23. The van der Waals surface area contributed by atoms with E-state index in [0.29, 0.717) is 23.3 Å². The predicted molar refractivity (Wildman–Crippen MR) is 104 cm³/mol. The summed E-state index contributed by atoms with van der Waals surface area (Å²) >= 11 is 0. The molecule has 0 spiro atoms. The number of amides is 1. The average molecular weight is 394 g/mol. The first-order valence-corrected chi connectivity index (χ1v) is 9.97. The average Bonchev–Trinajstić information content (AvgIpc) is 3.62. The van der Waals surface area contributed by atoms with Crippen molar-refractivity contribution < 1.29 is 9.32 Å². The van der Waals surface area contributed by atoms with Gasteiger partial charge in [0.25, 0.3) is 11.5 Å². The number of nitrogens with zero attached hydrogens (tertiary/aromatic N) is 4. The van der Waals surface area contributed by atoms with Crippen LogP contribution in [0.15, 0.2) is 27.5 Å².